The van der Waals surface area contributed by atoms with Crippen LogP contribution in [-0.2, 0) is 14.8 Å². The minimum Gasteiger partial charge on any atom is -0.338 e. The van der Waals surface area contributed by atoms with Crippen LogP contribution >= 0.6 is 0 Å². The van der Waals surface area contributed by atoms with Crippen LogP contribution < -0.4 is 10.0 Å². The predicted molar refractivity (Wildman–Crippen MR) is 99.1 cm³/mol. The number of amides is 1. The summed E-state index contributed by atoms with van der Waals surface area (Å²) >= 11 is 0. The smallest absolute Gasteiger partial charge is 0.241 e. The third-order valence-corrected chi connectivity index (χ3v) is 6.41. The van der Waals surface area contributed by atoms with Gasteiger partial charge in [-0.05, 0) is 51.8 Å². The Bertz CT molecular complexity index is 708. The molecule has 1 aromatic rings. The predicted octanol–water partition coefficient (Wildman–Crippen LogP) is 1.49. The second kappa shape index (κ2) is 8.29. The minimum atomic E-state index is -3.61. The van der Waals surface area contributed by atoms with Crippen LogP contribution in [0, 0.1) is 20.8 Å². The fraction of sp³-hybridized carbons (Fsp3) is 0.611. The summed E-state index contributed by atoms with van der Waals surface area (Å²) in [7, 11) is -1.74. The topological polar surface area (TPSA) is 78.5 Å². The van der Waals surface area contributed by atoms with Gasteiger partial charge in [-0.2, -0.15) is 0 Å². The summed E-state index contributed by atoms with van der Waals surface area (Å²) in [6, 6.07) is 3.94. The molecule has 25 heavy (non-hydrogen) atoms. The molecule has 140 valence electrons. The highest BCUT2D eigenvalue weighted by Crippen LogP contribution is 2.22. The van der Waals surface area contributed by atoms with Crippen molar-refractivity contribution < 1.29 is 13.2 Å². The molecule has 2 rings (SSSR count). The van der Waals surface area contributed by atoms with Gasteiger partial charge in [0.25, 0.3) is 0 Å². The Morgan fingerprint density at radius 1 is 1.24 bits per heavy atom. The lowest BCUT2D eigenvalue weighted by Gasteiger charge is -2.24. The van der Waals surface area contributed by atoms with E-state index in [2.05, 4.69) is 10.0 Å². The second-order valence-electron chi connectivity index (χ2n) is 6.82. The normalized spacial score (nSPS) is 17.9. The van der Waals surface area contributed by atoms with Crippen molar-refractivity contribution in [2.24, 2.45) is 0 Å². The van der Waals surface area contributed by atoms with Gasteiger partial charge in [-0.25, -0.2) is 13.1 Å². The van der Waals surface area contributed by atoms with Gasteiger partial charge in [0.1, 0.15) is 0 Å². The number of nitrogens with one attached hydrogen (secondary N) is 2. The number of aryl methyl sites for hydroxylation is 3. The summed E-state index contributed by atoms with van der Waals surface area (Å²) in [5, 5.41) is 3.11. The minimum absolute atomic E-state index is 0.0119. The maximum absolute atomic E-state index is 12.6. The number of likely N-dealkylation sites (tertiary alicyclic amines) is 1. The van der Waals surface area contributed by atoms with Gasteiger partial charge in [0.2, 0.25) is 15.9 Å². The molecular formula is C18H29N3O3S. The molecule has 0 saturated carbocycles. The van der Waals surface area contributed by atoms with E-state index in [1.807, 2.05) is 31.0 Å². The van der Waals surface area contributed by atoms with Gasteiger partial charge in [0, 0.05) is 32.1 Å². The molecule has 1 heterocycles. The molecule has 0 aliphatic carbocycles. The van der Waals surface area contributed by atoms with E-state index in [0.29, 0.717) is 4.90 Å². The molecule has 0 aromatic heterocycles. The van der Waals surface area contributed by atoms with Crippen molar-refractivity contribution >= 4 is 15.9 Å². The van der Waals surface area contributed by atoms with Crippen LogP contribution in [0.3, 0.4) is 0 Å². The van der Waals surface area contributed by atoms with Gasteiger partial charge in [0.05, 0.1) is 4.90 Å². The molecule has 0 radical (unpaired) electrons. The fourth-order valence-electron chi connectivity index (χ4n) is 3.71. The molecule has 1 saturated heterocycles. The maximum atomic E-state index is 12.6. The van der Waals surface area contributed by atoms with Gasteiger partial charge in [-0.15, -0.1) is 0 Å². The van der Waals surface area contributed by atoms with E-state index in [4.69, 9.17) is 0 Å². The number of hydrogen-bond donors (Lipinski definition) is 2. The van der Waals surface area contributed by atoms with Crippen molar-refractivity contribution in [3.63, 3.8) is 0 Å². The highest BCUT2D eigenvalue weighted by Gasteiger charge is 2.28. The molecule has 1 fully saturated rings. The van der Waals surface area contributed by atoms with Crippen LogP contribution in [-0.4, -0.2) is 51.9 Å². The van der Waals surface area contributed by atoms with Crippen LogP contribution in [0.15, 0.2) is 17.0 Å². The SMILES string of the molecule is CNCC1CCCN1C(=O)CCNS(=O)(=O)c1c(C)cc(C)cc1C. The zero-order chi connectivity index (χ0) is 18.6. The van der Waals surface area contributed by atoms with Crippen LogP contribution in [0.2, 0.25) is 0 Å². The molecule has 0 spiro atoms. The molecule has 1 atom stereocenters. The average molecular weight is 368 g/mol. The van der Waals surface area contributed by atoms with E-state index in [-0.39, 0.29) is 24.9 Å². The molecule has 0 bridgehead atoms. The van der Waals surface area contributed by atoms with Crippen molar-refractivity contribution in [1.29, 1.82) is 0 Å². The number of carbonyl (C=O) groups is 1. The van der Waals surface area contributed by atoms with Crippen LogP contribution in [0.25, 0.3) is 0 Å². The summed E-state index contributed by atoms with van der Waals surface area (Å²) in [6.45, 7) is 7.20. The monoisotopic (exact) mass is 367 g/mol. The van der Waals surface area contributed by atoms with Crippen molar-refractivity contribution in [2.75, 3.05) is 26.7 Å². The van der Waals surface area contributed by atoms with Crippen molar-refractivity contribution in [2.45, 2.75) is 51.0 Å². The fourth-order valence-corrected chi connectivity index (χ4v) is 5.19. The number of nitrogens with zero attached hydrogens (tertiary/aromatic N) is 1. The third-order valence-electron chi connectivity index (χ3n) is 4.64. The molecule has 1 aromatic carbocycles. The second-order valence-corrected chi connectivity index (χ2v) is 8.52. The van der Waals surface area contributed by atoms with Gasteiger partial charge < -0.3 is 10.2 Å². The molecular weight excluding hydrogens is 338 g/mol. The van der Waals surface area contributed by atoms with Gasteiger partial charge in [-0.1, -0.05) is 17.7 Å². The van der Waals surface area contributed by atoms with Gasteiger partial charge >= 0.3 is 0 Å². The highest BCUT2D eigenvalue weighted by atomic mass is 32.2. The van der Waals surface area contributed by atoms with E-state index in [1.54, 1.807) is 13.8 Å². The average Bonchev–Trinajstić information content (AvgIpc) is 2.94. The van der Waals surface area contributed by atoms with E-state index < -0.39 is 10.0 Å². The summed E-state index contributed by atoms with van der Waals surface area (Å²) in [4.78, 5) is 14.6. The number of rotatable bonds is 7. The van der Waals surface area contributed by atoms with Crippen molar-refractivity contribution in [3.05, 3.63) is 28.8 Å². The number of sulfonamides is 1. The first-order chi connectivity index (χ1) is 11.8. The third kappa shape index (κ3) is 4.80. The van der Waals surface area contributed by atoms with Gasteiger partial charge in [-0.3, -0.25) is 4.79 Å². The van der Waals surface area contributed by atoms with Crippen LogP contribution in [0.1, 0.15) is 36.0 Å². The number of benzene rings is 1. The van der Waals surface area contributed by atoms with E-state index in [9.17, 15) is 13.2 Å². The van der Waals surface area contributed by atoms with Crippen LogP contribution in [0.4, 0.5) is 0 Å². The Labute approximate surface area is 151 Å². The standard InChI is InChI=1S/C18H29N3O3S/c1-13-10-14(2)18(15(3)11-13)25(23,24)20-8-7-17(22)21-9-5-6-16(21)12-19-4/h10-11,16,19-20H,5-9,12H2,1-4H3. The van der Waals surface area contributed by atoms with Crippen molar-refractivity contribution in [3.8, 4) is 0 Å². The Morgan fingerprint density at radius 2 is 1.88 bits per heavy atom. The zero-order valence-corrected chi connectivity index (χ0v) is 16.4. The number of carbonyl (C=O) groups excluding carboxylic acids is 1. The quantitative estimate of drug-likeness (QED) is 0.765. The Morgan fingerprint density at radius 3 is 2.48 bits per heavy atom. The summed E-state index contributed by atoms with van der Waals surface area (Å²) in [6.07, 6.45) is 2.19. The van der Waals surface area contributed by atoms with Gasteiger partial charge in [0.15, 0.2) is 0 Å². The summed E-state index contributed by atoms with van der Waals surface area (Å²) in [5.41, 5.74) is 2.49. The Kier molecular flexibility index (Phi) is 6.59. The zero-order valence-electron chi connectivity index (χ0n) is 15.6. The van der Waals surface area contributed by atoms with E-state index in [1.165, 1.54) is 0 Å². The Balaban J connectivity index is 1.98. The molecule has 1 aliphatic rings. The molecule has 7 heteroatoms. The highest BCUT2D eigenvalue weighted by molar-refractivity contribution is 7.89. The maximum Gasteiger partial charge on any atom is 0.241 e. The lowest BCUT2D eigenvalue weighted by Crippen LogP contribution is -2.42. The number of likely N-dealkylation sites (N-methyl/N-ethyl adjacent to an activating group) is 1. The molecule has 1 aliphatic heterocycles. The Hall–Kier alpha value is -1.44. The van der Waals surface area contributed by atoms with Crippen molar-refractivity contribution in [1.82, 2.24) is 14.9 Å². The lowest BCUT2D eigenvalue weighted by molar-refractivity contribution is -0.131. The largest absolute Gasteiger partial charge is 0.338 e. The molecule has 2 N–H and O–H groups in total. The van der Waals surface area contributed by atoms with E-state index >= 15 is 0 Å². The first kappa shape index (κ1) is 19.9. The molecule has 1 unspecified atom stereocenters. The first-order valence-corrected chi connectivity index (χ1v) is 10.3. The number of hydrogen-bond acceptors (Lipinski definition) is 4. The first-order valence-electron chi connectivity index (χ1n) is 8.78. The lowest BCUT2D eigenvalue weighted by atomic mass is 10.1. The molecule has 6 nitrogen and oxygen atoms in total. The summed E-state index contributed by atoms with van der Waals surface area (Å²) in [5.74, 6) is 0.0119. The summed E-state index contributed by atoms with van der Waals surface area (Å²) < 4.78 is 27.8. The molecule has 1 amide bonds. The van der Waals surface area contributed by atoms with E-state index in [0.717, 1.165) is 42.6 Å². The van der Waals surface area contributed by atoms with Crippen LogP contribution in [0.5, 0.6) is 0 Å².